The molecular formula is C29H22FN5O3S. The molecule has 8 nitrogen and oxygen atoms in total. The Bertz CT molecular complexity index is 1920. The van der Waals surface area contributed by atoms with Gasteiger partial charge in [-0.1, -0.05) is 48.2 Å². The average molecular weight is 540 g/mol. The number of nitrogens with two attached hydrogens (primary N) is 1. The monoisotopic (exact) mass is 539 g/mol. The van der Waals surface area contributed by atoms with Gasteiger partial charge in [0, 0.05) is 10.5 Å². The number of aliphatic hydroxyl groups excluding tert-OH is 1. The van der Waals surface area contributed by atoms with E-state index in [1.165, 1.54) is 30.2 Å². The average Bonchev–Trinajstić information content (AvgIpc) is 3.34. The third kappa shape index (κ3) is 4.33. The topological polar surface area (TPSA) is 120 Å². The highest BCUT2D eigenvalue weighted by Crippen LogP contribution is 2.37. The molecule has 1 atom stereocenters. The van der Waals surface area contributed by atoms with Gasteiger partial charge in [-0.25, -0.2) is 19.0 Å². The Labute approximate surface area is 225 Å². The van der Waals surface area contributed by atoms with Gasteiger partial charge in [0.25, 0.3) is 0 Å². The zero-order valence-corrected chi connectivity index (χ0v) is 21.5. The molecule has 39 heavy (non-hydrogen) atoms. The van der Waals surface area contributed by atoms with Gasteiger partial charge in [-0.3, -0.25) is 4.79 Å². The van der Waals surface area contributed by atoms with Crippen molar-refractivity contribution in [2.45, 2.75) is 17.9 Å². The summed E-state index contributed by atoms with van der Waals surface area (Å²) in [5, 5.41) is 15.2. The number of nitrogens with zero attached hydrogens (tertiary/aromatic N) is 4. The lowest BCUT2D eigenvalue weighted by Gasteiger charge is -2.17. The largest absolute Gasteiger partial charge is 0.458 e. The van der Waals surface area contributed by atoms with Crippen LogP contribution in [0.2, 0.25) is 0 Å². The molecule has 0 aliphatic heterocycles. The predicted octanol–water partition coefficient (Wildman–Crippen LogP) is 5.64. The van der Waals surface area contributed by atoms with Gasteiger partial charge in [-0.15, -0.1) is 0 Å². The van der Waals surface area contributed by atoms with Crippen molar-refractivity contribution >= 4 is 39.6 Å². The van der Waals surface area contributed by atoms with E-state index in [0.717, 1.165) is 10.5 Å². The summed E-state index contributed by atoms with van der Waals surface area (Å²) in [5.41, 5.74) is 8.85. The summed E-state index contributed by atoms with van der Waals surface area (Å²) in [7, 11) is 0. The maximum atomic E-state index is 14.3. The molecule has 194 valence electrons. The lowest BCUT2D eigenvalue weighted by molar-refractivity contribution is 0.375. The van der Waals surface area contributed by atoms with Crippen molar-refractivity contribution in [3.63, 3.8) is 0 Å². The third-order valence-electron chi connectivity index (χ3n) is 6.54. The molecule has 3 N–H and O–H groups in total. The fourth-order valence-corrected chi connectivity index (χ4v) is 5.29. The van der Waals surface area contributed by atoms with E-state index in [2.05, 4.69) is 9.97 Å². The van der Waals surface area contributed by atoms with Gasteiger partial charge in [0.2, 0.25) is 5.43 Å². The van der Waals surface area contributed by atoms with Crippen molar-refractivity contribution in [3.05, 3.63) is 101 Å². The van der Waals surface area contributed by atoms with E-state index in [0.29, 0.717) is 39.0 Å². The van der Waals surface area contributed by atoms with Crippen LogP contribution in [-0.2, 0) is 0 Å². The smallest absolute Gasteiger partial charge is 0.200 e. The second-order valence-corrected chi connectivity index (χ2v) is 9.92. The van der Waals surface area contributed by atoms with Gasteiger partial charge in [-0.05, 0) is 48.9 Å². The van der Waals surface area contributed by atoms with Crippen LogP contribution in [0.3, 0.4) is 0 Å². The van der Waals surface area contributed by atoms with Gasteiger partial charge in [0.1, 0.15) is 41.0 Å². The van der Waals surface area contributed by atoms with Crippen LogP contribution in [0, 0.1) is 5.82 Å². The molecule has 0 aliphatic carbocycles. The van der Waals surface area contributed by atoms with E-state index in [1.54, 1.807) is 41.1 Å². The number of halogens is 1. The molecule has 10 heteroatoms. The summed E-state index contributed by atoms with van der Waals surface area (Å²) in [4.78, 5) is 23.3. The quantitative estimate of drug-likeness (QED) is 0.206. The normalized spacial score (nSPS) is 12.3. The maximum absolute atomic E-state index is 14.3. The van der Waals surface area contributed by atoms with Crippen molar-refractivity contribution in [1.29, 1.82) is 0 Å². The van der Waals surface area contributed by atoms with Crippen LogP contribution >= 0.6 is 11.8 Å². The van der Waals surface area contributed by atoms with Crippen molar-refractivity contribution in [2.24, 2.45) is 0 Å². The number of aliphatic hydroxyl groups is 1. The van der Waals surface area contributed by atoms with Gasteiger partial charge < -0.3 is 15.3 Å². The van der Waals surface area contributed by atoms with Crippen LogP contribution in [0.25, 0.3) is 44.4 Å². The van der Waals surface area contributed by atoms with Gasteiger partial charge in [-0.2, -0.15) is 5.10 Å². The van der Waals surface area contributed by atoms with E-state index in [1.807, 2.05) is 31.2 Å². The zero-order valence-electron chi connectivity index (χ0n) is 20.7. The summed E-state index contributed by atoms with van der Waals surface area (Å²) < 4.78 is 22.3. The van der Waals surface area contributed by atoms with Gasteiger partial charge >= 0.3 is 0 Å². The van der Waals surface area contributed by atoms with Crippen molar-refractivity contribution in [2.75, 3.05) is 11.7 Å². The van der Waals surface area contributed by atoms with Gasteiger partial charge in [0.05, 0.1) is 22.3 Å². The number of anilines is 1. The number of thioether (sulfide) groups is 1. The minimum atomic E-state index is -0.638. The van der Waals surface area contributed by atoms with Crippen LogP contribution < -0.4 is 11.2 Å². The Morgan fingerprint density at radius 1 is 1.05 bits per heavy atom. The van der Waals surface area contributed by atoms with E-state index < -0.39 is 11.9 Å². The number of para-hydroxylation sites is 1. The summed E-state index contributed by atoms with van der Waals surface area (Å²) in [6.07, 6.45) is 1.36. The van der Waals surface area contributed by atoms with Crippen molar-refractivity contribution in [1.82, 2.24) is 19.7 Å². The first kappa shape index (κ1) is 24.8. The van der Waals surface area contributed by atoms with Crippen molar-refractivity contribution < 1.29 is 13.9 Å². The molecular weight excluding hydrogens is 517 g/mol. The van der Waals surface area contributed by atoms with Crippen molar-refractivity contribution in [3.8, 4) is 22.4 Å². The number of aromatic nitrogens is 4. The second kappa shape index (κ2) is 9.97. The molecule has 3 heterocycles. The molecule has 0 radical (unpaired) electrons. The number of hydrogen-bond acceptors (Lipinski definition) is 8. The first-order chi connectivity index (χ1) is 19.0. The standard InChI is InChI=1S/C29H22FN5O3S/c1-16(27-23(17-6-4-8-19(30)12-17)26(37)21-10-2-3-11-22(21)38-27)35-29-24(28(31)32-14-33-29)25(34-35)18-7-5-9-20(13-18)39-15-36/h2-14,16,36H,15H2,1H3,(H2,31,32,33). The number of nitrogen functional groups attached to an aromatic ring is 1. The maximum Gasteiger partial charge on any atom is 0.200 e. The minimum Gasteiger partial charge on any atom is -0.458 e. The highest BCUT2D eigenvalue weighted by molar-refractivity contribution is 7.99. The molecule has 6 rings (SSSR count). The first-order valence-electron chi connectivity index (χ1n) is 12.1. The fourth-order valence-electron chi connectivity index (χ4n) is 4.76. The van der Waals surface area contributed by atoms with Crippen LogP contribution in [0.4, 0.5) is 10.2 Å². The lowest BCUT2D eigenvalue weighted by Crippen LogP contribution is -2.16. The molecule has 0 fully saturated rings. The predicted molar refractivity (Wildman–Crippen MR) is 150 cm³/mol. The summed E-state index contributed by atoms with van der Waals surface area (Å²) >= 11 is 1.29. The number of hydrogen-bond donors (Lipinski definition) is 2. The molecule has 6 aromatic rings. The van der Waals surface area contributed by atoms with Gasteiger partial charge in [0.15, 0.2) is 5.65 Å². The Morgan fingerprint density at radius 3 is 2.67 bits per heavy atom. The van der Waals surface area contributed by atoms with E-state index >= 15 is 0 Å². The molecule has 0 spiro atoms. The molecule has 0 bridgehead atoms. The Kier molecular flexibility index (Phi) is 6.34. The zero-order chi connectivity index (χ0) is 27.1. The summed E-state index contributed by atoms with van der Waals surface area (Å²) in [6, 6.07) is 19.7. The lowest BCUT2D eigenvalue weighted by atomic mass is 9.99. The molecule has 1 unspecified atom stereocenters. The molecule has 0 saturated heterocycles. The Balaban J connectivity index is 1.62. The highest BCUT2D eigenvalue weighted by Gasteiger charge is 2.27. The molecule has 3 aromatic carbocycles. The number of fused-ring (bicyclic) bond motifs is 2. The number of benzene rings is 3. The molecule has 0 saturated carbocycles. The summed E-state index contributed by atoms with van der Waals surface area (Å²) in [6.45, 7) is 1.84. The highest BCUT2D eigenvalue weighted by atomic mass is 32.2. The van der Waals surface area contributed by atoms with E-state index in [4.69, 9.17) is 15.2 Å². The first-order valence-corrected chi connectivity index (χ1v) is 13.1. The third-order valence-corrected chi connectivity index (χ3v) is 7.26. The second-order valence-electron chi connectivity index (χ2n) is 8.90. The minimum absolute atomic E-state index is 0.0647. The Morgan fingerprint density at radius 2 is 1.85 bits per heavy atom. The van der Waals surface area contributed by atoms with Crippen LogP contribution in [0.5, 0.6) is 0 Å². The Hall–Kier alpha value is -4.54. The van der Waals surface area contributed by atoms with Crippen LogP contribution in [0.15, 0.2) is 93.2 Å². The van der Waals surface area contributed by atoms with E-state index in [-0.39, 0.29) is 22.7 Å². The molecule has 0 aliphatic rings. The van der Waals surface area contributed by atoms with Crippen LogP contribution in [0.1, 0.15) is 18.7 Å². The molecule has 0 amide bonds. The van der Waals surface area contributed by atoms with Crippen LogP contribution in [-0.4, -0.2) is 30.8 Å². The molecule has 3 aromatic heterocycles. The number of rotatable bonds is 6. The van der Waals surface area contributed by atoms with E-state index in [9.17, 15) is 14.3 Å². The fraction of sp³-hybridized carbons (Fsp3) is 0.103. The SMILES string of the molecule is CC(c1oc2ccccc2c(=O)c1-c1cccc(F)c1)n1nc(-c2cccc(SCO)c2)c2c(N)ncnc21. The summed E-state index contributed by atoms with van der Waals surface area (Å²) in [5.74, 6) is 0.0257.